The van der Waals surface area contributed by atoms with Crippen LogP contribution in [0.5, 0.6) is 0 Å². The van der Waals surface area contributed by atoms with E-state index in [1.54, 1.807) is 24.5 Å². The molecule has 1 aliphatic heterocycles. The van der Waals surface area contributed by atoms with E-state index >= 15 is 0 Å². The van der Waals surface area contributed by atoms with E-state index in [0.717, 1.165) is 34.3 Å². The first-order chi connectivity index (χ1) is 12.7. The fourth-order valence-electron chi connectivity index (χ4n) is 3.27. The summed E-state index contributed by atoms with van der Waals surface area (Å²) in [6.07, 6.45) is 3.56. The van der Waals surface area contributed by atoms with Gasteiger partial charge in [0.2, 0.25) is 0 Å². The number of aromatic nitrogens is 2. The fraction of sp³-hybridized carbons (Fsp3) is 0.211. The molecule has 5 nitrogen and oxygen atoms in total. The lowest BCUT2D eigenvalue weighted by molar-refractivity contribution is 0.598. The van der Waals surface area contributed by atoms with Gasteiger partial charge in [0.25, 0.3) is 0 Å². The van der Waals surface area contributed by atoms with Crippen LogP contribution in [0.25, 0.3) is 11.0 Å². The van der Waals surface area contributed by atoms with Crippen molar-refractivity contribution in [3.8, 4) is 6.07 Å². The molecule has 0 amide bonds. The smallest absolute Gasteiger partial charge is 0.147 e. The molecule has 0 saturated carbocycles. The van der Waals surface area contributed by atoms with Gasteiger partial charge in [-0.25, -0.2) is 4.39 Å². The van der Waals surface area contributed by atoms with Crippen molar-refractivity contribution >= 4 is 38.3 Å². The largest absolute Gasteiger partial charge is 0.366 e. The van der Waals surface area contributed by atoms with Gasteiger partial charge in [0.05, 0.1) is 28.5 Å². The molecule has 0 N–H and O–H groups in total. The number of pyridine rings is 2. The van der Waals surface area contributed by atoms with Crippen LogP contribution in [0.2, 0.25) is 0 Å². The molecule has 0 unspecified atom stereocenters. The van der Waals surface area contributed by atoms with Crippen LogP contribution in [-0.2, 0) is 0 Å². The van der Waals surface area contributed by atoms with E-state index in [-0.39, 0.29) is 5.82 Å². The first kappa shape index (κ1) is 16.7. The number of anilines is 2. The van der Waals surface area contributed by atoms with E-state index in [9.17, 15) is 4.39 Å². The first-order valence-electron chi connectivity index (χ1n) is 8.25. The molecule has 1 saturated heterocycles. The summed E-state index contributed by atoms with van der Waals surface area (Å²) in [6.45, 7) is 2.92. The van der Waals surface area contributed by atoms with Gasteiger partial charge < -0.3 is 9.80 Å². The zero-order chi connectivity index (χ0) is 18.1. The Labute approximate surface area is 158 Å². The van der Waals surface area contributed by atoms with Crippen molar-refractivity contribution in [3.63, 3.8) is 0 Å². The number of nitrogens with zero attached hydrogens (tertiary/aromatic N) is 5. The van der Waals surface area contributed by atoms with Gasteiger partial charge in [-0.15, -0.1) is 0 Å². The number of halogens is 2. The van der Waals surface area contributed by atoms with Gasteiger partial charge in [0, 0.05) is 43.0 Å². The van der Waals surface area contributed by atoms with Crippen LogP contribution in [0.3, 0.4) is 0 Å². The second-order valence-corrected chi connectivity index (χ2v) is 7.02. The Kier molecular flexibility index (Phi) is 4.43. The molecule has 3 aromatic rings. The van der Waals surface area contributed by atoms with E-state index < -0.39 is 0 Å². The second kappa shape index (κ2) is 6.89. The van der Waals surface area contributed by atoms with Crippen LogP contribution in [0.4, 0.5) is 15.8 Å². The Morgan fingerprint density at radius 2 is 1.73 bits per heavy atom. The topological polar surface area (TPSA) is 56.1 Å². The minimum atomic E-state index is -0.349. The monoisotopic (exact) mass is 411 g/mol. The van der Waals surface area contributed by atoms with Gasteiger partial charge in [-0.05, 0) is 46.3 Å². The molecule has 2 aromatic heterocycles. The van der Waals surface area contributed by atoms with Crippen LogP contribution >= 0.6 is 15.9 Å². The molecule has 0 spiro atoms. The summed E-state index contributed by atoms with van der Waals surface area (Å²) in [4.78, 5) is 13.2. The number of piperazine rings is 1. The molecule has 3 heterocycles. The van der Waals surface area contributed by atoms with Gasteiger partial charge in [-0.3, -0.25) is 9.97 Å². The van der Waals surface area contributed by atoms with E-state index in [2.05, 4.69) is 30.8 Å². The Morgan fingerprint density at radius 1 is 1.00 bits per heavy atom. The maximum atomic E-state index is 14.3. The average molecular weight is 412 g/mol. The van der Waals surface area contributed by atoms with Gasteiger partial charge >= 0.3 is 0 Å². The highest BCUT2D eigenvalue weighted by molar-refractivity contribution is 9.10. The summed E-state index contributed by atoms with van der Waals surface area (Å²) in [6, 6.07) is 10.5. The number of nitriles is 1. The third-order valence-corrected chi connectivity index (χ3v) is 4.99. The Balaban J connectivity index is 1.55. The van der Waals surface area contributed by atoms with Crippen LogP contribution in [0.1, 0.15) is 5.56 Å². The average Bonchev–Trinajstić information content (AvgIpc) is 2.67. The highest BCUT2D eigenvalue weighted by Gasteiger charge is 2.21. The minimum absolute atomic E-state index is 0.338. The zero-order valence-corrected chi connectivity index (χ0v) is 15.4. The molecule has 0 atom stereocenters. The number of hydrogen-bond donors (Lipinski definition) is 0. The van der Waals surface area contributed by atoms with E-state index in [1.165, 1.54) is 6.07 Å². The molecule has 1 aliphatic rings. The fourth-order valence-corrected chi connectivity index (χ4v) is 3.59. The number of benzene rings is 1. The molecule has 26 heavy (non-hydrogen) atoms. The standard InChI is InChI=1S/C19H15BrFN5/c20-14-10-16-19(24-12-14)18(3-4-23-16)26-7-5-25(6-8-26)17-2-1-13(11-22)9-15(17)21/h1-4,9-10,12H,5-8H2. The molecular formula is C19H15BrFN5. The second-order valence-electron chi connectivity index (χ2n) is 6.10. The van der Waals surface area contributed by atoms with Crippen molar-refractivity contribution in [1.82, 2.24) is 9.97 Å². The molecule has 1 aromatic carbocycles. The highest BCUT2D eigenvalue weighted by atomic mass is 79.9. The molecule has 0 aliphatic carbocycles. The predicted octanol–water partition coefficient (Wildman–Crippen LogP) is 3.73. The van der Waals surface area contributed by atoms with Crippen molar-refractivity contribution in [3.05, 3.63) is 58.6 Å². The molecule has 4 rings (SSSR count). The van der Waals surface area contributed by atoms with Crippen molar-refractivity contribution in [2.75, 3.05) is 36.0 Å². The van der Waals surface area contributed by atoms with Gasteiger partial charge in [-0.2, -0.15) is 5.26 Å². The Morgan fingerprint density at radius 3 is 2.42 bits per heavy atom. The summed E-state index contributed by atoms with van der Waals surface area (Å²) < 4.78 is 15.2. The number of hydrogen-bond acceptors (Lipinski definition) is 5. The van der Waals surface area contributed by atoms with Crippen LogP contribution < -0.4 is 9.80 Å². The minimum Gasteiger partial charge on any atom is -0.366 e. The van der Waals surface area contributed by atoms with Crippen LogP contribution in [0, 0.1) is 17.1 Å². The summed E-state index contributed by atoms with van der Waals surface area (Å²) in [5, 5.41) is 8.88. The third-order valence-electron chi connectivity index (χ3n) is 4.56. The zero-order valence-electron chi connectivity index (χ0n) is 13.9. The molecular weight excluding hydrogens is 397 g/mol. The lowest BCUT2D eigenvalue weighted by atomic mass is 10.1. The number of rotatable bonds is 2. The van der Waals surface area contributed by atoms with Crippen LogP contribution in [0.15, 0.2) is 47.2 Å². The Bertz CT molecular complexity index is 1010. The molecule has 7 heteroatoms. The SMILES string of the molecule is N#Cc1ccc(N2CCN(c3ccnc4cc(Br)cnc34)CC2)c(F)c1. The maximum absolute atomic E-state index is 14.3. The lowest BCUT2D eigenvalue weighted by Gasteiger charge is -2.37. The van der Waals surface area contributed by atoms with Gasteiger partial charge in [0.1, 0.15) is 11.3 Å². The van der Waals surface area contributed by atoms with Gasteiger partial charge in [-0.1, -0.05) is 0 Å². The summed E-state index contributed by atoms with van der Waals surface area (Å²) in [7, 11) is 0. The quantitative estimate of drug-likeness (QED) is 0.642. The molecule has 1 fully saturated rings. The first-order valence-corrected chi connectivity index (χ1v) is 9.05. The number of fused-ring (bicyclic) bond motifs is 1. The van der Waals surface area contributed by atoms with Crippen molar-refractivity contribution < 1.29 is 4.39 Å². The normalized spacial score (nSPS) is 14.5. The van der Waals surface area contributed by atoms with E-state index in [4.69, 9.17) is 5.26 Å². The van der Waals surface area contributed by atoms with Crippen molar-refractivity contribution in [2.24, 2.45) is 0 Å². The van der Waals surface area contributed by atoms with Gasteiger partial charge in [0.15, 0.2) is 0 Å². The third kappa shape index (κ3) is 3.08. The highest BCUT2D eigenvalue weighted by Crippen LogP contribution is 2.28. The predicted molar refractivity (Wildman–Crippen MR) is 103 cm³/mol. The molecule has 0 bridgehead atoms. The summed E-state index contributed by atoms with van der Waals surface area (Å²) >= 11 is 3.43. The maximum Gasteiger partial charge on any atom is 0.147 e. The van der Waals surface area contributed by atoms with Crippen LogP contribution in [-0.4, -0.2) is 36.1 Å². The molecule has 130 valence electrons. The Hall–Kier alpha value is -2.72. The molecule has 0 radical (unpaired) electrons. The van der Waals surface area contributed by atoms with E-state index in [1.807, 2.05) is 23.1 Å². The summed E-state index contributed by atoms with van der Waals surface area (Å²) in [5.41, 5.74) is 3.64. The van der Waals surface area contributed by atoms with Crippen molar-refractivity contribution in [1.29, 1.82) is 5.26 Å². The lowest BCUT2D eigenvalue weighted by Crippen LogP contribution is -2.47. The van der Waals surface area contributed by atoms with Crippen molar-refractivity contribution in [2.45, 2.75) is 0 Å². The van der Waals surface area contributed by atoms with E-state index in [0.29, 0.717) is 24.3 Å². The summed E-state index contributed by atoms with van der Waals surface area (Å²) in [5.74, 6) is -0.349.